The Bertz CT molecular complexity index is 4890. The van der Waals surface area contributed by atoms with Crippen molar-refractivity contribution in [3.8, 4) is 0 Å². The molecule has 0 radical (unpaired) electrons. The summed E-state index contributed by atoms with van der Waals surface area (Å²) < 4.78 is 88.1. The topological polar surface area (TPSA) is 525 Å². The van der Waals surface area contributed by atoms with Gasteiger partial charge >= 0.3 is 35.5 Å². The van der Waals surface area contributed by atoms with Crippen LogP contribution in [0.1, 0.15) is 188 Å². The van der Waals surface area contributed by atoms with Crippen LogP contribution in [0.4, 0.5) is 0 Å². The Morgan fingerprint density at radius 1 is 0.476 bits per heavy atom. The summed E-state index contributed by atoms with van der Waals surface area (Å²) >= 11 is 0. The van der Waals surface area contributed by atoms with Gasteiger partial charge in [0.2, 0.25) is 20.9 Å². The van der Waals surface area contributed by atoms with Crippen molar-refractivity contribution < 1.29 is 130 Å². The van der Waals surface area contributed by atoms with E-state index in [1.807, 2.05) is 175 Å². The van der Waals surface area contributed by atoms with E-state index in [-0.39, 0.29) is 119 Å². The maximum atomic E-state index is 12.6. The van der Waals surface area contributed by atoms with Gasteiger partial charge in [-0.3, -0.25) is 19.3 Å². The molecule has 3 aromatic heterocycles. The van der Waals surface area contributed by atoms with Gasteiger partial charge in [-0.1, -0.05) is 216 Å². The van der Waals surface area contributed by atoms with E-state index in [2.05, 4.69) is 178 Å². The van der Waals surface area contributed by atoms with Crippen molar-refractivity contribution in [2.45, 2.75) is 203 Å². The number of aromatic nitrogens is 6. The largest absolute Gasteiger partial charge is 1.00 e. The van der Waals surface area contributed by atoms with E-state index in [0.29, 0.717) is 122 Å². The zero-order valence-corrected chi connectivity index (χ0v) is 89.6. The molecule has 0 atom stereocenters. The molecule has 6 saturated heterocycles. The molecule has 9 aromatic rings. The van der Waals surface area contributed by atoms with Gasteiger partial charge in [-0.2, -0.15) is 0 Å². The monoisotopic (exact) mass is 2100 g/mol. The first-order chi connectivity index (χ1) is 68.0. The Hall–Kier alpha value is -9.46. The predicted octanol–water partition coefficient (Wildman–Crippen LogP) is 13.5. The Morgan fingerprint density at radius 3 is 1.03 bits per heavy atom. The van der Waals surface area contributed by atoms with Crippen molar-refractivity contribution in [2.24, 2.45) is 58.0 Å². The number of aliphatic carboxylic acids is 1. The molecule has 9 heterocycles. The van der Waals surface area contributed by atoms with Crippen molar-refractivity contribution in [3.63, 3.8) is 0 Å². The molecule has 37 nitrogen and oxygen atoms in total. The van der Waals surface area contributed by atoms with Crippen molar-refractivity contribution in [2.75, 3.05) is 138 Å². The van der Waals surface area contributed by atoms with Crippen LogP contribution in [-0.4, -0.2) is 249 Å². The number of nitrogens with zero attached hydrogens (tertiary/aromatic N) is 11. The van der Waals surface area contributed by atoms with E-state index < -0.39 is 55.0 Å². The number of aliphatic hydroxyl groups is 3. The van der Waals surface area contributed by atoms with Crippen molar-refractivity contribution in [1.29, 1.82) is 0 Å². The number of aliphatic hydroxyl groups excluding tert-OH is 3. The quantitative estimate of drug-likeness (QED) is 0.00525. The van der Waals surface area contributed by atoms with E-state index >= 15 is 0 Å². The first-order valence-electron chi connectivity index (χ1n) is 48.0. The summed E-state index contributed by atoms with van der Waals surface area (Å²) in [4.78, 5) is 55.2. The molecule has 15 rings (SSSR count). The van der Waals surface area contributed by atoms with Gasteiger partial charge < -0.3 is 125 Å². The molecule has 0 aliphatic carbocycles. The van der Waals surface area contributed by atoms with Crippen LogP contribution in [0.25, 0.3) is 26.4 Å². The Morgan fingerprint density at radius 2 is 0.755 bits per heavy atom. The van der Waals surface area contributed by atoms with Gasteiger partial charge in [-0.25, -0.2) is 23.4 Å². The molecule has 0 bridgehead atoms. The van der Waals surface area contributed by atoms with Crippen LogP contribution in [-0.2, 0) is 111 Å². The average molecular weight is 2100 g/mol. The number of amides is 2. The van der Waals surface area contributed by atoms with E-state index in [4.69, 9.17) is 110 Å². The SMILES string of the molecule is C.C.C.CC1(C)OCC(CN)CO1.CC1(C)OCC(CN)CO1.CC1(C)OCC(CN=[N+]=[N-])CO1.CC1(C)OCC(CNC(=O)CCc2cn(C(c3ccccc3)(c3ccccc3)c3ccccc3)cn2)CO1.CC1(C)OCC(CO)CO1.CCC1COC(C)(C)OC1.CS(=O)(=O)Cl.O=C(CCc1cnc[nH]1)NCC(CO)CO.O=C(O)CCc1cn(C(c2ccccc2)(c2ccccc2)c2ccccc2)cn1.[N-]=[N+]=[N-].[Na+]. The number of azide groups is 1. The van der Waals surface area contributed by atoms with Crippen molar-refractivity contribution in [3.05, 3.63) is 296 Å². The fraction of sp³-hybridized carbons (Fsp3) is 0.551. The molecule has 147 heavy (non-hydrogen) atoms. The summed E-state index contributed by atoms with van der Waals surface area (Å²) in [6, 6.07) is 62.5. The molecule has 2 amide bonds. The minimum atomic E-state index is -3.19. The number of hydrogen-bond donors (Lipinski definition) is 9. The number of carboxylic acid groups (broad SMARTS) is 1. The zero-order valence-electron chi connectivity index (χ0n) is 86.0. The van der Waals surface area contributed by atoms with Gasteiger partial charge in [-0.15, -0.1) is 0 Å². The van der Waals surface area contributed by atoms with Crippen LogP contribution in [0.5, 0.6) is 0 Å². The minimum absolute atomic E-state index is 0. The number of aryl methyl sites for hydroxylation is 3. The van der Waals surface area contributed by atoms with Crippen LogP contribution in [0.3, 0.4) is 0 Å². The number of imidazole rings is 3. The van der Waals surface area contributed by atoms with Gasteiger partial charge in [0.1, 0.15) is 11.1 Å². The molecule has 6 aromatic carbocycles. The number of H-pyrrole nitrogens is 1. The molecule has 40 heteroatoms. The van der Waals surface area contributed by atoms with Gasteiger partial charge in [0.25, 0.3) is 0 Å². The minimum Gasteiger partial charge on any atom is -0.481 e. The molecular formula is C107H162ClN16NaO21S. The standard InChI is InChI=1S/C32H35N3O3.C25H22N2O2.C10H17N3O3.C8H16O2.C7H13N3O2.2C7H15NO2.C7H14O3.CH3ClO2S.3CH4.N3.Na/c1-31(2)37-22-25(23-38-31)20-33-30(36)19-18-29-21-35(24-34-29)32(26-12-6-3-7-13-26,27-14-8-4-9-15-27)28-16-10-5-11-17-28;28-24(29)17-16-23-18-27(19-26-23)25(20-10-4-1-5-11-20,21-12-6-2-7-13-21)22-14-8-3-9-15-22;14-5-8(6-15)3-12-10(16)2-1-9-4-11-7-13-9;1-4-7-5-9-8(2,3)10-6-7;1-7(2)11-4-6(5-12-7)3-9-10-8;3*1-7(2)9-4-6(3-8)5-10-7;1-5(2,3)4;;;;1-3-2;/h3-17,21,24-25H,18-20,22-23H2,1-2H3,(H,33,36);1-15,18-19H,16-17H2,(H,28,29);4,7-8,14-15H,1-3,5-6H2,(H,11,13)(H,12,16);7H,4-6H2,1-3H3;6H,3-5H2,1-2H3;2*6H,3-5,8H2,1-2H3;6,8H,3-5H2,1-2H3;1H3;3*1H4;;/q;;;;;;;;;;;;-1;+1. The van der Waals surface area contributed by atoms with E-state index in [9.17, 15) is 22.8 Å². The fourth-order valence-electron chi connectivity index (χ4n) is 14.7. The maximum absolute atomic E-state index is 12.6. The first kappa shape index (κ1) is 134. The van der Waals surface area contributed by atoms with Crippen molar-refractivity contribution >= 4 is 37.5 Å². The van der Waals surface area contributed by atoms with Crippen LogP contribution >= 0.6 is 10.7 Å². The number of hydrogen-bond acceptors (Lipinski definition) is 26. The molecule has 6 aliphatic heterocycles. The predicted molar refractivity (Wildman–Crippen MR) is 566 cm³/mol. The van der Waals surface area contributed by atoms with Crippen LogP contribution < -0.4 is 51.7 Å². The summed E-state index contributed by atoms with van der Waals surface area (Å²) in [7, 11) is 1.31. The Balaban J connectivity index is 0.000000593. The summed E-state index contributed by atoms with van der Waals surface area (Å²) in [5.41, 5.74) is 40.5. The van der Waals surface area contributed by atoms with Crippen LogP contribution in [0.2, 0.25) is 0 Å². The maximum Gasteiger partial charge on any atom is 1.00 e. The summed E-state index contributed by atoms with van der Waals surface area (Å²) in [6.45, 7) is 35.7. The second-order valence-corrected chi connectivity index (χ2v) is 40.6. The molecule has 0 saturated carbocycles. The number of benzene rings is 6. The van der Waals surface area contributed by atoms with Gasteiger partial charge in [-0.05, 0) is 154 Å². The number of nitrogens with two attached hydrogens (primary N) is 2. The molecular weight excluding hydrogens is 1940 g/mol. The number of halogens is 1. The summed E-state index contributed by atoms with van der Waals surface area (Å²) in [6.07, 6.45) is 15.4. The van der Waals surface area contributed by atoms with Gasteiger partial charge in [0, 0.05) is 133 Å². The third kappa shape index (κ3) is 49.0. The van der Waals surface area contributed by atoms with E-state index in [1.165, 1.54) is 4.91 Å². The fourth-order valence-corrected chi connectivity index (χ4v) is 14.7. The van der Waals surface area contributed by atoms with E-state index in [0.717, 1.165) is 103 Å². The third-order valence-electron chi connectivity index (χ3n) is 23.2. The molecule has 0 unspecified atom stereocenters. The van der Waals surface area contributed by atoms with Gasteiger partial charge in [0.05, 0.1) is 129 Å². The molecule has 810 valence electrons. The van der Waals surface area contributed by atoms with Crippen LogP contribution in [0, 0.1) is 41.4 Å². The first-order valence-corrected chi connectivity index (χ1v) is 50.7. The Kier molecular flexibility index (Phi) is 62.1. The average Bonchev–Trinajstić information content (AvgIpc) is 1.72. The third-order valence-corrected chi connectivity index (χ3v) is 23.2. The molecule has 6 fully saturated rings. The smallest absolute Gasteiger partial charge is 0.481 e. The second-order valence-electron chi connectivity index (χ2n) is 37.5. The zero-order chi connectivity index (χ0) is 105. The molecule has 11 N–H and O–H groups in total. The summed E-state index contributed by atoms with van der Waals surface area (Å²) in [5, 5.41) is 44.5. The number of carbonyl (C=O) groups excluding carboxylic acids is 2. The number of carboxylic acids is 1. The van der Waals surface area contributed by atoms with Gasteiger partial charge in [0.15, 0.2) is 34.7 Å². The number of aromatic amines is 1. The number of nitrogens with one attached hydrogen (secondary N) is 3. The Labute approximate surface area is 896 Å². The summed E-state index contributed by atoms with van der Waals surface area (Å²) in [5.74, 6) is -1.91. The molecule has 6 aliphatic rings. The number of carbonyl (C=O) groups is 3. The van der Waals surface area contributed by atoms with Crippen molar-refractivity contribution in [1.82, 2.24) is 39.7 Å². The number of ether oxygens (including phenoxy) is 12. The number of rotatable bonds is 29. The second kappa shape index (κ2) is 68.4. The normalized spacial score (nSPS) is 17.1. The van der Waals surface area contributed by atoms with Crippen LogP contribution in [0.15, 0.2) is 225 Å². The molecule has 0 spiro atoms. The van der Waals surface area contributed by atoms with E-state index in [1.54, 1.807) is 12.5 Å².